The molecule has 0 aliphatic heterocycles. The number of rotatable bonds is 6. The number of aryl methyl sites for hydroxylation is 1. The van der Waals surface area contributed by atoms with E-state index in [1.165, 1.54) is 23.5 Å². The number of alkyl halides is 6. The average Bonchev–Trinajstić information content (AvgIpc) is 2.77. The van der Waals surface area contributed by atoms with Gasteiger partial charge < -0.3 is 9.64 Å². The molecule has 2 aromatic heterocycles. The molecular formula is C23H25F6N5O. The summed E-state index contributed by atoms with van der Waals surface area (Å²) in [6, 6.07) is 4.89. The van der Waals surface area contributed by atoms with Crippen molar-refractivity contribution < 1.29 is 31.1 Å². The minimum Gasteiger partial charge on any atom is -0.474 e. The zero-order valence-corrected chi connectivity index (χ0v) is 19.2. The molecule has 0 aromatic carbocycles. The molecule has 1 aliphatic carbocycles. The van der Waals surface area contributed by atoms with Gasteiger partial charge in [0.15, 0.2) is 5.69 Å². The molecule has 1 saturated carbocycles. The van der Waals surface area contributed by atoms with Crippen molar-refractivity contribution in [3.8, 4) is 11.9 Å². The van der Waals surface area contributed by atoms with Crippen molar-refractivity contribution in [2.75, 3.05) is 18.5 Å². The van der Waals surface area contributed by atoms with Crippen LogP contribution in [0.2, 0.25) is 0 Å². The fourth-order valence-corrected chi connectivity index (χ4v) is 3.71. The molecule has 190 valence electrons. The number of hydrogen-bond acceptors (Lipinski definition) is 6. The van der Waals surface area contributed by atoms with Gasteiger partial charge in [-0.2, -0.15) is 36.6 Å². The van der Waals surface area contributed by atoms with E-state index in [0.717, 1.165) is 31.9 Å². The van der Waals surface area contributed by atoms with Gasteiger partial charge >= 0.3 is 12.9 Å². The van der Waals surface area contributed by atoms with E-state index in [9.17, 15) is 26.3 Å². The molecule has 0 bridgehead atoms. The predicted octanol–water partition coefficient (Wildman–Crippen LogP) is 6.11. The van der Waals surface area contributed by atoms with E-state index in [0.29, 0.717) is 11.7 Å². The molecule has 0 saturated heterocycles. The van der Waals surface area contributed by atoms with Gasteiger partial charge in [-0.1, -0.05) is 13.0 Å². The monoisotopic (exact) mass is 501 g/mol. The van der Waals surface area contributed by atoms with E-state index >= 15 is 0 Å². The van der Waals surface area contributed by atoms with Crippen molar-refractivity contribution >= 4 is 11.3 Å². The Bertz CT molecular complexity index is 1040. The van der Waals surface area contributed by atoms with Crippen molar-refractivity contribution in [2.24, 2.45) is 0 Å². The number of hydrogen-bond donors (Lipinski definition) is 0. The summed E-state index contributed by atoms with van der Waals surface area (Å²) < 4.78 is 76.3. The van der Waals surface area contributed by atoms with Crippen LogP contribution in [0.15, 0.2) is 24.9 Å². The summed E-state index contributed by atoms with van der Waals surface area (Å²) in [5.41, 5.74) is -0.831. The second kappa shape index (κ2) is 12.4. The fraction of sp³-hybridized carbons (Fsp3) is 0.478. The third-order valence-corrected chi connectivity index (χ3v) is 5.18. The summed E-state index contributed by atoms with van der Waals surface area (Å²) in [4.78, 5) is 13.6. The van der Waals surface area contributed by atoms with Crippen LogP contribution in [-0.4, -0.2) is 41.3 Å². The summed E-state index contributed by atoms with van der Waals surface area (Å²) in [5.74, 6) is 0.689. The van der Waals surface area contributed by atoms with Crippen LogP contribution in [-0.2, 0) is 6.18 Å². The van der Waals surface area contributed by atoms with Gasteiger partial charge in [-0.15, -0.1) is 0 Å². The first-order chi connectivity index (χ1) is 16.4. The van der Waals surface area contributed by atoms with E-state index in [2.05, 4.69) is 21.5 Å². The van der Waals surface area contributed by atoms with Crippen molar-refractivity contribution in [2.45, 2.75) is 58.0 Å². The highest BCUT2D eigenvalue weighted by Crippen LogP contribution is 2.40. The van der Waals surface area contributed by atoms with E-state index in [1.807, 2.05) is 6.07 Å². The Kier molecular flexibility index (Phi) is 9.86. The minimum atomic E-state index is -4.70. The summed E-state index contributed by atoms with van der Waals surface area (Å²) in [6.45, 7) is 1.80. The Labute approximate surface area is 199 Å². The molecule has 35 heavy (non-hydrogen) atoms. The first-order valence-electron chi connectivity index (χ1n) is 10.7. The van der Waals surface area contributed by atoms with Gasteiger partial charge in [-0.05, 0) is 38.7 Å². The quantitative estimate of drug-likeness (QED) is 0.351. The SMILES string of the molecule is C=C(c1cc(OC2CCCCC2)nc(C)n1)c1c(N(C)CC#N)ccnc1C(F)(F)F.FC(F)F. The third-order valence-electron chi connectivity index (χ3n) is 5.18. The van der Waals surface area contributed by atoms with Gasteiger partial charge in [-0.3, -0.25) is 4.98 Å². The molecule has 0 unspecified atom stereocenters. The van der Waals surface area contributed by atoms with Crippen molar-refractivity contribution in [1.82, 2.24) is 15.0 Å². The highest BCUT2D eigenvalue weighted by atomic mass is 19.4. The second-order valence-corrected chi connectivity index (χ2v) is 7.81. The van der Waals surface area contributed by atoms with Crippen LogP contribution in [0, 0.1) is 18.3 Å². The van der Waals surface area contributed by atoms with E-state index < -0.39 is 18.5 Å². The molecular weight excluding hydrogens is 476 g/mol. The summed E-state index contributed by atoms with van der Waals surface area (Å²) >= 11 is 0. The maximum Gasteiger partial charge on any atom is 0.434 e. The smallest absolute Gasteiger partial charge is 0.434 e. The largest absolute Gasteiger partial charge is 0.474 e. The summed E-state index contributed by atoms with van der Waals surface area (Å²) in [7, 11) is 1.54. The maximum absolute atomic E-state index is 13.8. The lowest BCUT2D eigenvalue weighted by Crippen LogP contribution is -2.22. The lowest BCUT2D eigenvalue weighted by atomic mass is 9.97. The van der Waals surface area contributed by atoms with E-state index in [1.54, 1.807) is 14.0 Å². The van der Waals surface area contributed by atoms with Gasteiger partial charge in [0.25, 0.3) is 0 Å². The molecule has 0 atom stereocenters. The summed E-state index contributed by atoms with van der Waals surface area (Å²) in [5, 5.41) is 9.01. The normalized spacial score (nSPS) is 14.1. The zero-order valence-electron chi connectivity index (χ0n) is 19.2. The molecule has 0 radical (unpaired) electrons. The van der Waals surface area contributed by atoms with Gasteiger partial charge in [0.1, 0.15) is 18.5 Å². The number of ether oxygens (including phenoxy) is 1. The average molecular weight is 501 g/mol. The Hall–Kier alpha value is -3.36. The number of aromatic nitrogens is 3. The molecule has 12 heteroatoms. The van der Waals surface area contributed by atoms with Crippen LogP contribution >= 0.6 is 0 Å². The molecule has 3 rings (SSSR count). The molecule has 0 N–H and O–H groups in total. The molecule has 2 aromatic rings. The van der Waals surface area contributed by atoms with Crippen LogP contribution in [0.25, 0.3) is 5.57 Å². The Balaban J connectivity index is 0.00000100. The van der Waals surface area contributed by atoms with Crippen LogP contribution in [0.1, 0.15) is 54.9 Å². The van der Waals surface area contributed by atoms with Crippen LogP contribution in [0.3, 0.4) is 0 Å². The van der Waals surface area contributed by atoms with Crippen LogP contribution < -0.4 is 9.64 Å². The lowest BCUT2D eigenvalue weighted by Gasteiger charge is -2.24. The van der Waals surface area contributed by atoms with E-state index in [4.69, 9.17) is 10.00 Å². The standard InChI is InChI=1S/C22H24F3N5O.CHF3/c1-14(17-13-19(29-15(2)28-17)31-16-7-5-4-6-8-16)20-18(30(3)12-10-26)9-11-27-21(20)22(23,24)25;2-1(3)4/h9,11,13,16H,1,4-8,12H2,2-3H3;1H. The van der Waals surface area contributed by atoms with Crippen LogP contribution in [0.4, 0.5) is 32.0 Å². The first-order valence-corrected chi connectivity index (χ1v) is 10.7. The van der Waals surface area contributed by atoms with Gasteiger partial charge in [-0.25, -0.2) is 4.98 Å². The second-order valence-electron chi connectivity index (χ2n) is 7.81. The third kappa shape index (κ3) is 8.12. The molecule has 1 fully saturated rings. The number of nitriles is 1. The van der Waals surface area contributed by atoms with Crippen molar-refractivity contribution in [3.05, 3.63) is 47.7 Å². The highest BCUT2D eigenvalue weighted by molar-refractivity contribution is 5.85. The zero-order chi connectivity index (χ0) is 26.2. The number of halogens is 6. The Morgan fingerprint density at radius 2 is 1.86 bits per heavy atom. The lowest BCUT2D eigenvalue weighted by molar-refractivity contribution is -0.141. The summed E-state index contributed by atoms with van der Waals surface area (Å²) in [6.07, 6.45) is 1.57. The minimum absolute atomic E-state index is 0.0330. The fourth-order valence-electron chi connectivity index (χ4n) is 3.71. The molecule has 2 heterocycles. The number of nitrogens with zero attached hydrogens (tertiary/aromatic N) is 5. The van der Waals surface area contributed by atoms with Gasteiger partial charge in [0.2, 0.25) is 5.88 Å². The van der Waals surface area contributed by atoms with Crippen LogP contribution in [0.5, 0.6) is 5.88 Å². The first kappa shape index (κ1) is 27.9. The van der Waals surface area contributed by atoms with Gasteiger partial charge in [0.05, 0.1) is 11.8 Å². The molecule has 1 aliphatic rings. The Morgan fingerprint density at radius 3 is 2.43 bits per heavy atom. The number of pyridine rings is 1. The molecule has 6 nitrogen and oxygen atoms in total. The van der Waals surface area contributed by atoms with Crippen molar-refractivity contribution in [3.63, 3.8) is 0 Å². The topological polar surface area (TPSA) is 74.9 Å². The van der Waals surface area contributed by atoms with Crippen molar-refractivity contribution in [1.29, 1.82) is 5.26 Å². The van der Waals surface area contributed by atoms with Gasteiger partial charge in [0, 0.05) is 36.1 Å². The highest BCUT2D eigenvalue weighted by Gasteiger charge is 2.38. The number of anilines is 1. The Morgan fingerprint density at radius 1 is 1.23 bits per heavy atom. The predicted molar refractivity (Wildman–Crippen MR) is 118 cm³/mol. The molecule has 0 amide bonds. The van der Waals surface area contributed by atoms with E-state index in [-0.39, 0.29) is 35.2 Å². The maximum atomic E-state index is 13.8. The molecule has 0 spiro atoms.